The molecule has 1 aromatic carbocycles. The van der Waals surface area contributed by atoms with E-state index in [1.807, 2.05) is 30.3 Å². The number of hydrogen-bond donors (Lipinski definition) is 0. The molecule has 0 amide bonds. The van der Waals surface area contributed by atoms with E-state index in [1.165, 1.54) is 0 Å². The molecule has 1 heteroatoms. The second kappa shape index (κ2) is 2.73. The van der Waals surface area contributed by atoms with Gasteiger partial charge in [-0.1, -0.05) is 30.3 Å². The highest BCUT2D eigenvalue weighted by Crippen LogP contribution is 2.02. The van der Waals surface area contributed by atoms with Gasteiger partial charge in [0.2, 0.25) is 0 Å². The molecule has 0 atom stereocenters. The highest BCUT2D eigenvalue weighted by molar-refractivity contribution is 6.25. The van der Waals surface area contributed by atoms with E-state index in [0.717, 1.165) is 5.56 Å². The second-order valence-electron chi connectivity index (χ2n) is 1.52. The topological polar surface area (TPSA) is 0 Å². The lowest BCUT2D eigenvalue weighted by Crippen LogP contribution is -1.68. The number of hydrogen-bond acceptors (Lipinski definition) is 0. The minimum absolute atomic E-state index is 1.05. The van der Waals surface area contributed by atoms with Gasteiger partial charge < -0.3 is 0 Å². The fourth-order valence-electron chi connectivity index (χ4n) is 0.526. The van der Waals surface area contributed by atoms with Crippen LogP contribution in [0.5, 0.6) is 0 Å². The van der Waals surface area contributed by atoms with Gasteiger partial charge in [-0.3, -0.25) is 0 Å². The minimum atomic E-state index is 1.05. The maximum absolute atomic E-state index is 5.40. The Morgan fingerprint density at radius 2 is 1.75 bits per heavy atom. The van der Waals surface area contributed by atoms with Gasteiger partial charge in [0.1, 0.15) is 0 Å². The first-order valence-corrected chi connectivity index (χ1v) is 2.85. The lowest BCUT2D eigenvalue weighted by molar-refractivity contribution is 1.59. The third kappa shape index (κ3) is 1.24. The van der Waals surface area contributed by atoms with Crippen molar-refractivity contribution in [3.05, 3.63) is 41.8 Å². The van der Waals surface area contributed by atoms with Crippen molar-refractivity contribution < 1.29 is 0 Å². The molecule has 0 unspecified atom stereocenters. The Kier molecular flexibility index (Phi) is 1.93. The molecule has 0 aliphatic carbocycles. The summed E-state index contributed by atoms with van der Waals surface area (Å²) in [5.74, 6) is 1.56. The zero-order valence-corrected chi connectivity index (χ0v) is 5.10. The molecule has 8 heavy (non-hydrogen) atoms. The standard InChI is InChI=1S/C7H6Cl/c8-6-7-4-2-1-3-5-7/h1-6H. The van der Waals surface area contributed by atoms with Gasteiger partial charge in [-0.15, -0.1) is 11.6 Å². The molecule has 41 valence electrons. The quantitative estimate of drug-likeness (QED) is 0.541. The molecule has 0 aliphatic rings. The van der Waals surface area contributed by atoms with Crippen molar-refractivity contribution in [2.24, 2.45) is 0 Å². The van der Waals surface area contributed by atoms with E-state index in [2.05, 4.69) is 0 Å². The van der Waals surface area contributed by atoms with Gasteiger partial charge in [0.25, 0.3) is 0 Å². The highest BCUT2D eigenvalue weighted by atomic mass is 35.5. The third-order valence-electron chi connectivity index (χ3n) is 0.926. The van der Waals surface area contributed by atoms with E-state index in [1.54, 1.807) is 5.88 Å². The fourth-order valence-corrected chi connectivity index (χ4v) is 0.671. The molecule has 0 heterocycles. The normalized spacial score (nSPS) is 9.12. The number of benzene rings is 1. The third-order valence-corrected chi connectivity index (χ3v) is 1.18. The van der Waals surface area contributed by atoms with E-state index >= 15 is 0 Å². The van der Waals surface area contributed by atoms with Crippen LogP contribution in [0.3, 0.4) is 0 Å². The summed E-state index contributed by atoms with van der Waals surface area (Å²) in [6.45, 7) is 0. The first-order valence-electron chi connectivity index (χ1n) is 2.42. The summed E-state index contributed by atoms with van der Waals surface area (Å²) in [5.41, 5.74) is 1.05. The van der Waals surface area contributed by atoms with Gasteiger partial charge in [0, 0.05) is 0 Å². The van der Waals surface area contributed by atoms with Crippen LogP contribution < -0.4 is 0 Å². The summed E-state index contributed by atoms with van der Waals surface area (Å²) in [6.07, 6.45) is 0. The smallest absolute Gasteiger partial charge is 0.0790 e. The van der Waals surface area contributed by atoms with E-state index in [-0.39, 0.29) is 0 Å². The van der Waals surface area contributed by atoms with Crippen LogP contribution in [-0.2, 0) is 0 Å². The van der Waals surface area contributed by atoms with Crippen LogP contribution in [0, 0.1) is 5.88 Å². The second-order valence-corrected chi connectivity index (χ2v) is 1.74. The Hall–Kier alpha value is -0.490. The van der Waals surface area contributed by atoms with Crippen molar-refractivity contribution in [3.63, 3.8) is 0 Å². The van der Waals surface area contributed by atoms with E-state index in [4.69, 9.17) is 11.6 Å². The molecule has 0 spiro atoms. The first-order chi connectivity index (χ1) is 3.93. The van der Waals surface area contributed by atoms with Crippen molar-refractivity contribution >= 4 is 11.6 Å². The Morgan fingerprint density at radius 3 is 2.12 bits per heavy atom. The number of rotatable bonds is 1. The average Bonchev–Trinajstić information content (AvgIpc) is 1.90. The Balaban J connectivity index is 2.83. The molecule has 1 rings (SSSR count). The fraction of sp³-hybridized carbons (Fsp3) is 0. The molecule has 0 fully saturated rings. The highest BCUT2D eigenvalue weighted by Gasteiger charge is 1.82. The molecule has 0 saturated heterocycles. The molecular weight excluding hydrogens is 120 g/mol. The summed E-state index contributed by atoms with van der Waals surface area (Å²) in [6, 6.07) is 9.77. The number of halogens is 1. The van der Waals surface area contributed by atoms with Gasteiger partial charge in [-0.05, 0) is 5.56 Å². The predicted molar refractivity (Wildman–Crippen MR) is 35.7 cm³/mol. The summed E-state index contributed by atoms with van der Waals surface area (Å²) >= 11 is 5.40. The summed E-state index contributed by atoms with van der Waals surface area (Å²) in [5, 5.41) is 0. The molecule has 0 aliphatic heterocycles. The predicted octanol–water partition coefficient (Wildman–Crippen LogP) is 2.44. The monoisotopic (exact) mass is 125 g/mol. The van der Waals surface area contributed by atoms with Crippen molar-refractivity contribution in [1.82, 2.24) is 0 Å². The maximum Gasteiger partial charge on any atom is 0.0790 e. The van der Waals surface area contributed by atoms with E-state index < -0.39 is 0 Å². The summed E-state index contributed by atoms with van der Waals surface area (Å²) in [4.78, 5) is 0. The SMILES string of the molecule is Cl[CH]c1ccccc1. The molecule has 1 aromatic rings. The largest absolute Gasteiger partial charge is 0.116 e. The Morgan fingerprint density at radius 1 is 1.12 bits per heavy atom. The first kappa shape index (κ1) is 5.64. The van der Waals surface area contributed by atoms with Crippen LogP contribution in [0.4, 0.5) is 0 Å². The Bertz CT molecular complexity index is 146. The summed E-state index contributed by atoms with van der Waals surface area (Å²) in [7, 11) is 0. The Labute approximate surface area is 54.1 Å². The zero-order valence-electron chi connectivity index (χ0n) is 4.34. The molecule has 0 saturated carbocycles. The molecular formula is C7H6Cl. The van der Waals surface area contributed by atoms with Crippen molar-refractivity contribution in [2.45, 2.75) is 0 Å². The van der Waals surface area contributed by atoms with Gasteiger partial charge >= 0.3 is 0 Å². The van der Waals surface area contributed by atoms with Crippen LogP contribution >= 0.6 is 11.6 Å². The lowest BCUT2D eigenvalue weighted by Gasteiger charge is -1.87. The van der Waals surface area contributed by atoms with Crippen molar-refractivity contribution in [1.29, 1.82) is 0 Å². The van der Waals surface area contributed by atoms with Gasteiger partial charge in [-0.25, -0.2) is 0 Å². The lowest BCUT2D eigenvalue weighted by atomic mass is 10.2. The van der Waals surface area contributed by atoms with Crippen molar-refractivity contribution in [3.8, 4) is 0 Å². The van der Waals surface area contributed by atoms with Gasteiger partial charge in [-0.2, -0.15) is 0 Å². The van der Waals surface area contributed by atoms with Crippen LogP contribution in [-0.4, -0.2) is 0 Å². The van der Waals surface area contributed by atoms with Crippen molar-refractivity contribution in [2.75, 3.05) is 0 Å². The minimum Gasteiger partial charge on any atom is -0.116 e. The maximum atomic E-state index is 5.40. The molecule has 0 nitrogen and oxygen atoms in total. The van der Waals surface area contributed by atoms with Gasteiger partial charge in [0.15, 0.2) is 0 Å². The zero-order chi connectivity index (χ0) is 5.82. The molecule has 0 bridgehead atoms. The van der Waals surface area contributed by atoms with Crippen LogP contribution in [0.2, 0.25) is 0 Å². The van der Waals surface area contributed by atoms with Crippen LogP contribution in [0.25, 0.3) is 0 Å². The molecule has 1 radical (unpaired) electrons. The molecule has 0 aromatic heterocycles. The van der Waals surface area contributed by atoms with E-state index in [0.29, 0.717) is 0 Å². The average molecular weight is 126 g/mol. The van der Waals surface area contributed by atoms with Gasteiger partial charge in [0.05, 0.1) is 5.88 Å². The molecule has 0 N–H and O–H groups in total. The van der Waals surface area contributed by atoms with Crippen LogP contribution in [0.1, 0.15) is 5.56 Å². The van der Waals surface area contributed by atoms with E-state index in [9.17, 15) is 0 Å². The van der Waals surface area contributed by atoms with Crippen LogP contribution in [0.15, 0.2) is 30.3 Å². The summed E-state index contributed by atoms with van der Waals surface area (Å²) < 4.78 is 0.